The van der Waals surface area contributed by atoms with Crippen LogP contribution in [0.2, 0.25) is 0 Å². The first-order chi connectivity index (χ1) is 10.1. The van der Waals surface area contributed by atoms with Crippen LogP contribution in [0, 0.1) is 6.92 Å². The second-order valence-electron chi connectivity index (χ2n) is 5.89. The van der Waals surface area contributed by atoms with Crippen LogP contribution in [0.4, 0.5) is 0 Å². The molecule has 1 N–H and O–H groups in total. The van der Waals surface area contributed by atoms with Gasteiger partial charge in [0.25, 0.3) is 5.91 Å². The molecular formula is C19H21NO. The van der Waals surface area contributed by atoms with Gasteiger partial charge in [0, 0.05) is 5.56 Å². The summed E-state index contributed by atoms with van der Waals surface area (Å²) in [6.07, 6.45) is 3.62. The van der Waals surface area contributed by atoms with E-state index in [2.05, 4.69) is 23.5 Å². The van der Waals surface area contributed by atoms with Crippen LogP contribution in [0.15, 0.2) is 42.5 Å². The van der Waals surface area contributed by atoms with Crippen LogP contribution >= 0.6 is 0 Å². The van der Waals surface area contributed by atoms with Crippen molar-refractivity contribution in [1.82, 2.24) is 5.32 Å². The Morgan fingerprint density at radius 2 is 1.86 bits per heavy atom. The standard InChI is InChI=1S/C19H21NO/c1-13-6-3-4-9-18(13)19(21)20-14(2)16-11-10-15-7-5-8-17(15)12-16/h3-4,6,9-12,14H,5,7-8H2,1-2H3,(H,20,21)/t14-/m1/s1. The number of hydrogen-bond acceptors (Lipinski definition) is 1. The van der Waals surface area contributed by atoms with E-state index in [9.17, 15) is 4.79 Å². The van der Waals surface area contributed by atoms with Gasteiger partial charge < -0.3 is 5.32 Å². The molecule has 0 radical (unpaired) electrons. The molecule has 0 saturated heterocycles. The van der Waals surface area contributed by atoms with Crippen LogP contribution in [0.3, 0.4) is 0 Å². The fourth-order valence-corrected chi connectivity index (χ4v) is 3.05. The smallest absolute Gasteiger partial charge is 0.252 e. The van der Waals surface area contributed by atoms with E-state index in [1.807, 2.05) is 38.1 Å². The predicted octanol–water partition coefficient (Wildman–Crippen LogP) is 3.97. The van der Waals surface area contributed by atoms with E-state index in [0.29, 0.717) is 0 Å². The van der Waals surface area contributed by atoms with Crippen molar-refractivity contribution >= 4 is 5.91 Å². The molecule has 21 heavy (non-hydrogen) atoms. The highest BCUT2D eigenvalue weighted by Crippen LogP contribution is 2.25. The minimum absolute atomic E-state index is 0.00102. The molecule has 0 bridgehead atoms. The topological polar surface area (TPSA) is 29.1 Å². The summed E-state index contributed by atoms with van der Waals surface area (Å²) in [5, 5.41) is 3.11. The summed E-state index contributed by atoms with van der Waals surface area (Å²) in [6.45, 7) is 4.02. The van der Waals surface area contributed by atoms with Crippen molar-refractivity contribution in [2.45, 2.75) is 39.2 Å². The number of rotatable bonds is 3. The van der Waals surface area contributed by atoms with Gasteiger partial charge in [-0.25, -0.2) is 0 Å². The van der Waals surface area contributed by atoms with Crippen LogP contribution in [0.25, 0.3) is 0 Å². The maximum Gasteiger partial charge on any atom is 0.252 e. The van der Waals surface area contributed by atoms with Gasteiger partial charge in [-0.15, -0.1) is 0 Å². The van der Waals surface area contributed by atoms with Crippen molar-refractivity contribution in [2.75, 3.05) is 0 Å². The molecule has 1 amide bonds. The van der Waals surface area contributed by atoms with E-state index < -0.39 is 0 Å². The number of fused-ring (bicyclic) bond motifs is 1. The van der Waals surface area contributed by atoms with Crippen molar-refractivity contribution in [3.05, 3.63) is 70.3 Å². The first-order valence-corrected chi connectivity index (χ1v) is 7.63. The van der Waals surface area contributed by atoms with Gasteiger partial charge in [-0.1, -0.05) is 36.4 Å². The Labute approximate surface area is 126 Å². The van der Waals surface area contributed by atoms with Crippen LogP contribution in [-0.2, 0) is 12.8 Å². The van der Waals surface area contributed by atoms with E-state index in [0.717, 1.165) is 11.1 Å². The highest BCUT2D eigenvalue weighted by molar-refractivity contribution is 5.95. The van der Waals surface area contributed by atoms with Crippen molar-refractivity contribution in [2.24, 2.45) is 0 Å². The zero-order chi connectivity index (χ0) is 14.8. The van der Waals surface area contributed by atoms with E-state index >= 15 is 0 Å². The lowest BCUT2D eigenvalue weighted by molar-refractivity contribution is 0.0939. The molecule has 108 valence electrons. The minimum Gasteiger partial charge on any atom is -0.346 e. The molecule has 0 aromatic heterocycles. The second kappa shape index (κ2) is 5.72. The molecule has 0 aliphatic heterocycles. The van der Waals surface area contributed by atoms with Crippen LogP contribution in [0.1, 0.15) is 52.0 Å². The third kappa shape index (κ3) is 2.85. The average molecular weight is 279 g/mol. The first-order valence-electron chi connectivity index (χ1n) is 7.63. The third-order valence-electron chi connectivity index (χ3n) is 4.36. The summed E-state index contributed by atoms with van der Waals surface area (Å²) in [5.41, 5.74) is 5.87. The Kier molecular flexibility index (Phi) is 3.78. The summed E-state index contributed by atoms with van der Waals surface area (Å²) in [4.78, 5) is 12.4. The van der Waals surface area contributed by atoms with Crippen molar-refractivity contribution in [3.8, 4) is 0 Å². The normalized spacial score (nSPS) is 14.6. The van der Waals surface area contributed by atoms with Crippen molar-refractivity contribution in [3.63, 3.8) is 0 Å². The number of hydrogen-bond donors (Lipinski definition) is 1. The van der Waals surface area contributed by atoms with Gasteiger partial charge >= 0.3 is 0 Å². The minimum atomic E-state index is 0.00102. The SMILES string of the molecule is Cc1ccccc1C(=O)N[C@H](C)c1ccc2c(c1)CCC2. The Morgan fingerprint density at radius 3 is 2.67 bits per heavy atom. The van der Waals surface area contributed by atoms with E-state index in [1.54, 1.807) is 0 Å². The molecule has 1 aliphatic rings. The number of amides is 1. The molecule has 0 saturated carbocycles. The lowest BCUT2D eigenvalue weighted by atomic mass is 10.0. The van der Waals surface area contributed by atoms with Crippen molar-refractivity contribution in [1.29, 1.82) is 0 Å². The Balaban J connectivity index is 1.76. The zero-order valence-electron chi connectivity index (χ0n) is 12.6. The molecule has 2 aromatic carbocycles. The lowest BCUT2D eigenvalue weighted by Gasteiger charge is -2.16. The highest BCUT2D eigenvalue weighted by Gasteiger charge is 2.16. The first kappa shape index (κ1) is 13.9. The third-order valence-corrected chi connectivity index (χ3v) is 4.36. The van der Waals surface area contributed by atoms with Crippen LogP contribution in [-0.4, -0.2) is 5.91 Å². The summed E-state index contributed by atoms with van der Waals surface area (Å²) in [5.74, 6) is 0.00102. The molecule has 3 rings (SSSR count). The molecule has 2 nitrogen and oxygen atoms in total. The number of benzene rings is 2. The molecule has 1 aliphatic carbocycles. The summed E-state index contributed by atoms with van der Waals surface area (Å²) in [6, 6.07) is 14.3. The summed E-state index contributed by atoms with van der Waals surface area (Å²) >= 11 is 0. The number of aryl methyl sites for hydroxylation is 3. The molecule has 2 aromatic rings. The van der Waals surface area contributed by atoms with Gasteiger partial charge in [-0.3, -0.25) is 4.79 Å². The Morgan fingerprint density at radius 1 is 1.10 bits per heavy atom. The van der Waals surface area contributed by atoms with Gasteiger partial charge in [0.05, 0.1) is 6.04 Å². The average Bonchev–Trinajstić information content (AvgIpc) is 2.94. The van der Waals surface area contributed by atoms with Gasteiger partial charge in [-0.05, 0) is 61.4 Å². The van der Waals surface area contributed by atoms with Crippen molar-refractivity contribution < 1.29 is 4.79 Å². The maximum absolute atomic E-state index is 12.4. The Bertz CT molecular complexity index is 675. The molecule has 0 spiro atoms. The molecule has 2 heteroatoms. The number of nitrogens with one attached hydrogen (secondary N) is 1. The summed E-state index contributed by atoms with van der Waals surface area (Å²) < 4.78 is 0. The summed E-state index contributed by atoms with van der Waals surface area (Å²) in [7, 11) is 0. The molecular weight excluding hydrogens is 258 g/mol. The monoisotopic (exact) mass is 279 g/mol. The van der Waals surface area contributed by atoms with Gasteiger partial charge in [-0.2, -0.15) is 0 Å². The fraction of sp³-hybridized carbons (Fsp3) is 0.316. The molecule has 0 unspecified atom stereocenters. The van der Waals surface area contributed by atoms with E-state index in [4.69, 9.17) is 0 Å². The highest BCUT2D eigenvalue weighted by atomic mass is 16.1. The molecule has 0 heterocycles. The van der Waals surface area contributed by atoms with Crippen LogP contribution < -0.4 is 5.32 Å². The van der Waals surface area contributed by atoms with Gasteiger partial charge in [0.2, 0.25) is 0 Å². The quantitative estimate of drug-likeness (QED) is 0.905. The number of carbonyl (C=O) groups is 1. The lowest BCUT2D eigenvalue weighted by Crippen LogP contribution is -2.27. The Hall–Kier alpha value is -2.09. The largest absolute Gasteiger partial charge is 0.346 e. The van der Waals surface area contributed by atoms with Gasteiger partial charge in [0.15, 0.2) is 0 Å². The molecule has 1 atom stereocenters. The number of carbonyl (C=O) groups excluding carboxylic acids is 1. The fourth-order valence-electron chi connectivity index (χ4n) is 3.05. The van der Waals surface area contributed by atoms with E-state index in [1.165, 1.54) is 36.0 Å². The maximum atomic E-state index is 12.4. The van der Waals surface area contributed by atoms with Gasteiger partial charge in [0.1, 0.15) is 0 Å². The zero-order valence-corrected chi connectivity index (χ0v) is 12.6. The van der Waals surface area contributed by atoms with E-state index in [-0.39, 0.29) is 11.9 Å². The predicted molar refractivity (Wildman–Crippen MR) is 85.5 cm³/mol. The second-order valence-corrected chi connectivity index (χ2v) is 5.89. The molecule has 0 fully saturated rings. The van der Waals surface area contributed by atoms with Crippen LogP contribution in [0.5, 0.6) is 0 Å².